The third-order valence-corrected chi connectivity index (χ3v) is 4.90. The molecule has 3 atom stereocenters. The summed E-state index contributed by atoms with van der Waals surface area (Å²) in [7, 11) is 0. The van der Waals surface area contributed by atoms with E-state index in [0.717, 1.165) is 37.3 Å². The number of halogens is 2. The van der Waals surface area contributed by atoms with Crippen molar-refractivity contribution in [1.29, 1.82) is 0 Å². The normalized spacial score (nSPS) is 23.4. The maximum Gasteiger partial charge on any atom is 0.165 e. The fourth-order valence-electron chi connectivity index (χ4n) is 3.25. The van der Waals surface area contributed by atoms with Crippen LogP contribution in [0, 0.1) is 5.82 Å². The second-order valence-electron chi connectivity index (χ2n) is 6.45. The van der Waals surface area contributed by atoms with Crippen molar-refractivity contribution in [2.45, 2.75) is 43.9 Å². The van der Waals surface area contributed by atoms with Crippen LogP contribution in [0.15, 0.2) is 48.5 Å². The predicted molar refractivity (Wildman–Crippen MR) is 97.6 cm³/mol. The lowest BCUT2D eigenvalue weighted by Crippen LogP contribution is -2.51. The summed E-state index contributed by atoms with van der Waals surface area (Å²) in [4.78, 5) is 0. The molecule has 1 fully saturated rings. The van der Waals surface area contributed by atoms with Crippen LogP contribution in [0.4, 0.5) is 4.39 Å². The average Bonchev–Trinajstić information content (AvgIpc) is 2.61. The molecule has 2 aromatic carbocycles. The maximum absolute atomic E-state index is 13.8. The number of aliphatic hydroxyl groups excluding tert-OH is 1. The van der Waals surface area contributed by atoms with E-state index in [1.54, 1.807) is 18.2 Å². The highest BCUT2D eigenvalue weighted by molar-refractivity contribution is 6.30. The van der Waals surface area contributed by atoms with Crippen molar-refractivity contribution in [3.05, 3.63) is 64.9 Å². The Hall–Kier alpha value is -1.62. The first-order chi connectivity index (χ1) is 12.1. The first-order valence-corrected chi connectivity index (χ1v) is 9.08. The Kier molecular flexibility index (Phi) is 6.29. The van der Waals surface area contributed by atoms with Gasteiger partial charge in [-0.2, -0.15) is 0 Å². The van der Waals surface area contributed by atoms with Crippen LogP contribution in [-0.4, -0.2) is 29.9 Å². The molecule has 0 radical (unpaired) electrons. The molecule has 0 spiro atoms. The van der Waals surface area contributed by atoms with E-state index in [1.807, 2.05) is 24.3 Å². The molecule has 1 aliphatic rings. The van der Waals surface area contributed by atoms with Gasteiger partial charge in [0.25, 0.3) is 0 Å². The smallest absolute Gasteiger partial charge is 0.165 e. The van der Waals surface area contributed by atoms with Gasteiger partial charge in [0.1, 0.15) is 12.2 Å². The van der Waals surface area contributed by atoms with Gasteiger partial charge in [0.15, 0.2) is 11.6 Å². The molecule has 2 N–H and O–H groups in total. The van der Waals surface area contributed by atoms with Gasteiger partial charge in [-0.1, -0.05) is 35.9 Å². The minimum absolute atomic E-state index is 0.0437. The highest BCUT2D eigenvalue weighted by Gasteiger charge is 2.33. The van der Waals surface area contributed by atoms with Crippen LogP contribution in [0.25, 0.3) is 0 Å². The van der Waals surface area contributed by atoms with Gasteiger partial charge in [0.05, 0.1) is 0 Å². The second-order valence-corrected chi connectivity index (χ2v) is 6.88. The number of hydrogen-bond acceptors (Lipinski definition) is 3. The molecule has 0 unspecified atom stereocenters. The van der Waals surface area contributed by atoms with E-state index in [2.05, 4.69) is 5.32 Å². The lowest BCUT2D eigenvalue weighted by Gasteiger charge is -2.35. The van der Waals surface area contributed by atoms with Crippen molar-refractivity contribution in [1.82, 2.24) is 5.32 Å². The van der Waals surface area contributed by atoms with Gasteiger partial charge in [-0.3, -0.25) is 0 Å². The topological polar surface area (TPSA) is 41.5 Å². The summed E-state index contributed by atoms with van der Waals surface area (Å²) in [5.41, 5.74) is 1.20. The molecular weight excluding hydrogens is 341 g/mol. The van der Waals surface area contributed by atoms with Crippen LogP contribution >= 0.6 is 11.6 Å². The Morgan fingerprint density at radius 3 is 2.64 bits per heavy atom. The lowest BCUT2D eigenvalue weighted by molar-refractivity contribution is -0.0166. The zero-order chi connectivity index (χ0) is 17.6. The SMILES string of the molecule is O[C@@H]1[C@@H](NCCc2ccc(Cl)cc2)CCC[C@H]1Oc1ccccc1F. The Bertz CT molecular complexity index is 680. The maximum atomic E-state index is 13.8. The minimum atomic E-state index is -0.654. The van der Waals surface area contributed by atoms with Gasteiger partial charge in [-0.25, -0.2) is 4.39 Å². The number of nitrogens with one attached hydrogen (secondary N) is 1. The highest BCUT2D eigenvalue weighted by atomic mass is 35.5. The summed E-state index contributed by atoms with van der Waals surface area (Å²) in [6.45, 7) is 0.760. The van der Waals surface area contributed by atoms with Gasteiger partial charge < -0.3 is 15.2 Å². The molecule has 134 valence electrons. The average molecular weight is 364 g/mol. The summed E-state index contributed by atoms with van der Waals surface area (Å²) in [5.74, 6) is -0.194. The zero-order valence-corrected chi connectivity index (χ0v) is 14.8. The molecule has 0 aliphatic heterocycles. The standard InChI is InChI=1S/C20H23ClFNO2/c21-15-10-8-14(9-11-15)12-13-23-17-5-3-7-19(20(17)24)25-18-6-2-1-4-16(18)22/h1-2,4,6,8-11,17,19-20,23-24H,3,5,7,12-13H2/t17-,19+,20+/m0/s1. The fourth-order valence-corrected chi connectivity index (χ4v) is 3.37. The number of aliphatic hydroxyl groups is 1. The number of benzene rings is 2. The number of ether oxygens (including phenoxy) is 1. The van der Waals surface area contributed by atoms with Gasteiger partial charge in [0, 0.05) is 11.1 Å². The summed E-state index contributed by atoms with van der Waals surface area (Å²) in [6.07, 6.45) is 2.37. The summed E-state index contributed by atoms with van der Waals surface area (Å²) >= 11 is 5.89. The molecule has 0 bridgehead atoms. The van der Waals surface area contributed by atoms with Crippen molar-refractivity contribution < 1.29 is 14.2 Å². The molecule has 3 rings (SSSR count). The summed E-state index contributed by atoms with van der Waals surface area (Å²) in [6, 6.07) is 14.0. The Morgan fingerprint density at radius 2 is 1.88 bits per heavy atom. The van der Waals surface area contributed by atoms with E-state index < -0.39 is 18.0 Å². The third-order valence-electron chi connectivity index (χ3n) is 4.65. The van der Waals surface area contributed by atoms with Crippen molar-refractivity contribution in [3.63, 3.8) is 0 Å². The van der Waals surface area contributed by atoms with E-state index >= 15 is 0 Å². The summed E-state index contributed by atoms with van der Waals surface area (Å²) in [5, 5.41) is 14.7. The van der Waals surface area contributed by atoms with E-state index in [-0.39, 0.29) is 11.8 Å². The first-order valence-electron chi connectivity index (χ1n) is 8.70. The van der Waals surface area contributed by atoms with Crippen molar-refractivity contribution >= 4 is 11.6 Å². The van der Waals surface area contributed by atoms with Crippen LogP contribution in [0.5, 0.6) is 5.75 Å². The van der Waals surface area contributed by atoms with Gasteiger partial charge in [-0.05, 0) is 62.1 Å². The van der Waals surface area contributed by atoms with Crippen molar-refractivity contribution in [2.75, 3.05) is 6.54 Å². The van der Waals surface area contributed by atoms with E-state index in [0.29, 0.717) is 0 Å². The van der Waals surface area contributed by atoms with Gasteiger partial charge >= 0.3 is 0 Å². The van der Waals surface area contributed by atoms with Crippen LogP contribution in [-0.2, 0) is 6.42 Å². The minimum Gasteiger partial charge on any atom is -0.485 e. The molecule has 25 heavy (non-hydrogen) atoms. The number of rotatable bonds is 6. The molecule has 0 heterocycles. The quantitative estimate of drug-likeness (QED) is 0.815. The zero-order valence-electron chi connectivity index (χ0n) is 14.0. The Morgan fingerprint density at radius 1 is 1.12 bits per heavy atom. The molecular formula is C20H23ClFNO2. The third kappa shape index (κ3) is 4.94. The molecule has 2 aromatic rings. The monoisotopic (exact) mass is 363 g/mol. The Balaban J connectivity index is 1.52. The molecule has 0 aromatic heterocycles. The van der Waals surface area contributed by atoms with Crippen LogP contribution in [0.1, 0.15) is 24.8 Å². The molecule has 1 aliphatic carbocycles. The lowest BCUT2D eigenvalue weighted by atomic mass is 9.89. The molecule has 5 heteroatoms. The largest absolute Gasteiger partial charge is 0.485 e. The van der Waals surface area contributed by atoms with E-state index in [1.165, 1.54) is 11.6 Å². The molecule has 0 amide bonds. The molecule has 0 saturated heterocycles. The fraction of sp³-hybridized carbons (Fsp3) is 0.400. The Labute approximate surface area is 152 Å². The van der Waals surface area contributed by atoms with Crippen molar-refractivity contribution in [2.24, 2.45) is 0 Å². The number of hydrogen-bond donors (Lipinski definition) is 2. The van der Waals surface area contributed by atoms with E-state index in [4.69, 9.17) is 16.3 Å². The van der Waals surface area contributed by atoms with Gasteiger partial charge in [0.2, 0.25) is 0 Å². The van der Waals surface area contributed by atoms with Gasteiger partial charge in [-0.15, -0.1) is 0 Å². The molecule has 3 nitrogen and oxygen atoms in total. The van der Waals surface area contributed by atoms with Crippen LogP contribution < -0.4 is 10.1 Å². The predicted octanol–water partition coefficient (Wildman–Crippen LogP) is 3.97. The number of para-hydroxylation sites is 1. The molecule has 1 saturated carbocycles. The van der Waals surface area contributed by atoms with Crippen LogP contribution in [0.2, 0.25) is 5.02 Å². The first kappa shape index (κ1) is 18.2. The van der Waals surface area contributed by atoms with Crippen LogP contribution in [0.3, 0.4) is 0 Å². The highest BCUT2D eigenvalue weighted by Crippen LogP contribution is 2.26. The second kappa shape index (κ2) is 8.65. The summed E-state index contributed by atoms with van der Waals surface area (Å²) < 4.78 is 19.5. The van der Waals surface area contributed by atoms with Crippen molar-refractivity contribution in [3.8, 4) is 5.75 Å². The van der Waals surface area contributed by atoms with E-state index in [9.17, 15) is 9.50 Å².